The van der Waals surface area contributed by atoms with Gasteiger partial charge in [0, 0.05) is 50.0 Å². The number of benzene rings is 1. The molecule has 0 atom stereocenters. The molecule has 0 bridgehead atoms. The molecule has 1 aromatic carbocycles. The first-order chi connectivity index (χ1) is 14.2. The molecule has 0 aliphatic rings. The molecule has 9 heteroatoms. The van der Waals surface area contributed by atoms with Crippen LogP contribution in [0.3, 0.4) is 0 Å². The van der Waals surface area contributed by atoms with Gasteiger partial charge in [-0.1, -0.05) is 49.5 Å². The van der Waals surface area contributed by atoms with Crippen molar-refractivity contribution in [3.8, 4) is 22.8 Å². The maximum atomic E-state index is 13.6. The van der Waals surface area contributed by atoms with E-state index >= 15 is 0 Å². The molecule has 0 saturated heterocycles. The van der Waals surface area contributed by atoms with Crippen LogP contribution in [0.5, 0.6) is 0 Å². The number of pyridine rings is 2. The largest absolute Gasteiger partial charge is 0.421 e. The van der Waals surface area contributed by atoms with Crippen molar-refractivity contribution in [3.05, 3.63) is 78.4 Å². The van der Waals surface area contributed by atoms with E-state index in [4.69, 9.17) is 0 Å². The summed E-state index contributed by atoms with van der Waals surface area (Å²) in [5.74, 6) is 0.00183. The van der Waals surface area contributed by atoms with Gasteiger partial charge in [-0.3, -0.25) is 18.9 Å². The Morgan fingerprint density at radius 2 is 1.77 bits per heavy atom. The van der Waals surface area contributed by atoms with E-state index < -0.39 is 19.7 Å². The van der Waals surface area contributed by atoms with Crippen molar-refractivity contribution in [1.82, 2.24) is 25.1 Å². The zero-order valence-electron chi connectivity index (χ0n) is 17.5. The quantitative estimate of drug-likeness (QED) is 0.257. The van der Waals surface area contributed by atoms with Crippen LogP contribution >= 0.6 is 0 Å². The molecule has 3 heterocycles. The first-order valence-electron chi connectivity index (χ1n) is 9.33. The van der Waals surface area contributed by atoms with E-state index in [1.165, 1.54) is 5.19 Å². The Kier molecular flexibility index (Phi) is 8.44. The van der Waals surface area contributed by atoms with Crippen molar-refractivity contribution in [2.24, 2.45) is 0 Å². The summed E-state index contributed by atoms with van der Waals surface area (Å²) in [5, 5.41) is 8.86. The van der Waals surface area contributed by atoms with Gasteiger partial charge in [0.15, 0.2) is 0 Å². The Hall–Kier alpha value is -2.61. The van der Waals surface area contributed by atoms with Crippen LogP contribution in [0.25, 0.3) is 22.8 Å². The van der Waals surface area contributed by atoms with Crippen molar-refractivity contribution in [2.45, 2.75) is 26.6 Å². The standard InChI is InChI=1S/C14H14F2NSi.C8H7N4.Ir/c1-18(2,3)11-5-7-14(17-9-11)12-6-4-10(15)8-13(12)16;1-6-10-8(12-11-6)7-4-2-3-5-9-7;/h4-5,7-9H,1-3H3;2-5H,1H3;/q2*-1;. The molecule has 0 N–H and O–H groups in total. The summed E-state index contributed by atoms with van der Waals surface area (Å²) in [6.07, 6.45) is 3.49. The molecule has 1 radical (unpaired) electrons. The minimum atomic E-state index is -1.41. The summed E-state index contributed by atoms with van der Waals surface area (Å²) >= 11 is 0. The Morgan fingerprint density at radius 1 is 1.00 bits per heavy atom. The van der Waals surface area contributed by atoms with Crippen LogP contribution in [-0.2, 0) is 20.1 Å². The molecule has 3 aromatic heterocycles. The fourth-order valence-corrected chi connectivity index (χ4v) is 3.58. The molecule has 0 unspecified atom stereocenters. The predicted molar refractivity (Wildman–Crippen MR) is 115 cm³/mol. The molecule has 0 spiro atoms. The van der Waals surface area contributed by atoms with Crippen LogP contribution in [0.4, 0.5) is 8.78 Å². The van der Waals surface area contributed by atoms with Crippen LogP contribution in [0, 0.1) is 24.6 Å². The monoisotopic (exact) mass is 614 g/mol. The molecule has 0 fully saturated rings. The van der Waals surface area contributed by atoms with Gasteiger partial charge in [0.1, 0.15) is 0 Å². The Morgan fingerprint density at radius 3 is 2.29 bits per heavy atom. The third kappa shape index (κ3) is 6.68. The van der Waals surface area contributed by atoms with Crippen LogP contribution in [-0.4, -0.2) is 28.1 Å². The third-order valence-electron chi connectivity index (χ3n) is 4.19. The second kappa shape index (κ2) is 10.6. The molecule has 4 rings (SSSR count). The van der Waals surface area contributed by atoms with Crippen molar-refractivity contribution in [1.29, 1.82) is 0 Å². The molecule has 0 saturated carbocycles. The first kappa shape index (κ1) is 24.7. The van der Waals surface area contributed by atoms with Gasteiger partial charge in [-0.2, -0.15) is 0 Å². The number of aryl methyl sites for hydroxylation is 1. The zero-order chi connectivity index (χ0) is 21.7. The molecule has 5 nitrogen and oxygen atoms in total. The molecular formula is C22H21F2IrN5Si-2. The molecular weight excluding hydrogens is 593 g/mol. The van der Waals surface area contributed by atoms with Gasteiger partial charge in [-0.15, -0.1) is 12.1 Å². The second-order valence-corrected chi connectivity index (χ2v) is 12.7. The fourth-order valence-electron chi connectivity index (χ4n) is 2.55. The second-order valence-electron chi connectivity index (χ2n) is 7.62. The molecule has 163 valence electrons. The van der Waals surface area contributed by atoms with Crippen LogP contribution in [0.1, 0.15) is 5.82 Å². The van der Waals surface area contributed by atoms with Crippen LogP contribution < -0.4 is 10.3 Å². The summed E-state index contributed by atoms with van der Waals surface area (Å²) in [6, 6.07) is 13.9. The summed E-state index contributed by atoms with van der Waals surface area (Å²) < 4.78 is 26.4. The maximum absolute atomic E-state index is 13.6. The van der Waals surface area contributed by atoms with E-state index in [1.807, 2.05) is 24.3 Å². The smallest absolute Gasteiger partial charge is 0.0795 e. The van der Waals surface area contributed by atoms with Gasteiger partial charge < -0.3 is 15.1 Å². The van der Waals surface area contributed by atoms with E-state index in [0.717, 1.165) is 17.8 Å². The average molecular weight is 614 g/mol. The summed E-state index contributed by atoms with van der Waals surface area (Å²) in [6.45, 7) is 8.45. The van der Waals surface area contributed by atoms with E-state index in [-0.39, 0.29) is 25.7 Å². The maximum Gasteiger partial charge on any atom is 0.0795 e. The number of nitrogens with zero attached hydrogens (tertiary/aromatic N) is 5. The third-order valence-corrected chi connectivity index (χ3v) is 6.22. The van der Waals surface area contributed by atoms with E-state index in [9.17, 15) is 8.78 Å². The molecule has 0 aliphatic carbocycles. The van der Waals surface area contributed by atoms with Crippen LogP contribution in [0.15, 0.2) is 54.9 Å². The SMILES string of the molecule is C[Si](C)(C)c1ccc(-c2[c-]cc(F)cc2F)nc1.Cc1n[n-]c(-c2ccccn2)n1.[Ir]. The normalized spacial score (nSPS) is 10.6. The number of halogens is 2. The molecule has 31 heavy (non-hydrogen) atoms. The van der Waals surface area contributed by atoms with E-state index in [1.54, 1.807) is 25.4 Å². The number of hydrogen-bond acceptors (Lipinski definition) is 4. The predicted octanol–water partition coefficient (Wildman–Crippen LogP) is 4.17. The van der Waals surface area contributed by atoms with Gasteiger partial charge >= 0.3 is 0 Å². The molecule has 4 aromatic rings. The fraction of sp³-hybridized carbons (Fsp3) is 0.182. The minimum absolute atomic E-state index is 0. The summed E-state index contributed by atoms with van der Waals surface area (Å²) in [4.78, 5) is 12.4. The average Bonchev–Trinajstić information content (AvgIpc) is 3.15. The topological polar surface area (TPSA) is 65.7 Å². The Balaban J connectivity index is 0.000000229. The van der Waals surface area contributed by atoms with E-state index in [2.05, 4.69) is 50.9 Å². The van der Waals surface area contributed by atoms with E-state index in [0.29, 0.717) is 17.3 Å². The summed E-state index contributed by atoms with van der Waals surface area (Å²) in [5.41, 5.74) is 1.45. The van der Waals surface area contributed by atoms with Crippen molar-refractivity contribution in [2.75, 3.05) is 0 Å². The Bertz CT molecular complexity index is 1110. The van der Waals surface area contributed by atoms with Crippen molar-refractivity contribution in [3.63, 3.8) is 0 Å². The van der Waals surface area contributed by atoms with Crippen molar-refractivity contribution >= 4 is 13.3 Å². The van der Waals surface area contributed by atoms with Gasteiger partial charge in [-0.25, -0.2) is 0 Å². The van der Waals surface area contributed by atoms with Gasteiger partial charge in [0.2, 0.25) is 0 Å². The van der Waals surface area contributed by atoms with Crippen molar-refractivity contribution < 1.29 is 28.9 Å². The Labute approximate surface area is 194 Å². The molecule has 0 amide bonds. The van der Waals surface area contributed by atoms with Gasteiger partial charge in [0.05, 0.1) is 13.8 Å². The number of rotatable bonds is 3. The molecule has 0 aliphatic heterocycles. The number of aromatic nitrogens is 5. The van der Waals surface area contributed by atoms with Gasteiger partial charge in [-0.05, 0) is 35.8 Å². The first-order valence-corrected chi connectivity index (χ1v) is 12.8. The number of hydrogen-bond donors (Lipinski definition) is 0. The van der Waals surface area contributed by atoms with Gasteiger partial charge in [0.25, 0.3) is 0 Å². The summed E-state index contributed by atoms with van der Waals surface area (Å²) in [7, 11) is -1.41. The zero-order valence-corrected chi connectivity index (χ0v) is 20.9. The van der Waals surface area contributed by atoms with Crippen LogP contribution in [0.2, 0.25) is 19.6 Å². The minimum Gasteiger partial charge on any atom is -0.421 e.